The minimum absolute atomic E-state index is 0.132. The Morgan fingerprint density at radius 1 is 1.23 bits per heavy atom. The highest BCUT2D eigenvalue weighted by Crippen LogP contribution is 2.22. The number of likely N-dealkylation sites (tertiary alicyclic amines) is 1. The Morgan fingerprint density at radius 3 is 2.59 bits per heavy atom. The molecule has 1 amide bonds. The molecule has 1 saturated heterocycles. The number of hydrogen-bond acceptors (Lipinski definition) is 3. The molecule has 1 aromatic carbocycles. The molecule has 5 heteroatoms. The Labute approximate surface area is 133 Å². The summed E-state index contributed by atoms with van der Waals surface area (Å²) < 4.78 is 18.5. The normalized spacial score (nSPS) is 15.8. The lowest BCUT2D eigenvalue weighted by Crippen LogP contribution is -2.39. The van der Waals surface area contributed by atoms with Crippen LogP contribution in [0.4, 0.5) is 4.39 Å². The summed E-state index contributed by atoms with van der Waals surface area (Å²) in [5.74, 6) is 1.01. The van der Waals surface area contributed by atoms with E-state index in [0.717, 1.165) is 30.8 Å². The summed E-state index contributed by atoms with van der Waals surface area (Å²) in [6, 6.07) is 9.86. The van der Waals surface area contributed by atoms with Crippen molar-refractivity contribution in [1.82, 2.24) is 4.90 Å². The zero-order chi connectivity index (χ0) is 15.4. The molecule has 2 aromatic rings. The molecule has 1 aliphatic heterocycles. The van der Waals surface area contributed by atoms with Gasteiger partial charge in [0.25, 0.3) is 5.91 Å². The molecule has 1 aliphatic rings. The van der Waals surface area contributed by atoms with Crippen LogP contribution in [0.1, 0.15) is 22.5 Å². The van der Waals surface area contributed by atoms with Gasteiger partial charge in [-0.2, -0.15) is 0 Å². The van der Waals surface area contributed by atoms with Crippen LogP contribution in [0.3, 0.4) is 0 Å². The first-order valence-corrected chi connectivity index (χ1v) is 8.31. The second kappa shape index (κ2) is 6.92. The van der Waals surface area contributed by atoms with Crippen LogP contribution in [0.2, 0.25) is 0 Å². The van der Waals surface area contributed by atoms with E-state index in [1.54, 1.807) is 12.1 Å². The number of carbonyl (C=O) groups excluding carboxylic acids is 1. The highest BCUT2D eigenvalue weighted by atomic mass is 32.1. The molecule has 2 heterocycles. The monoisotopic (exact) mass is 319 g/mol. The Morgan fingerprint density at radius 2 is 1.95 bits per heavy atom. The number of hydrogen-bond donors (Lipinski definition) is 0. The number of ether oxygens (including phenoxy) is 1. The van der Waals surface area contributed by atoms with E-state index in [9.17, 15) is 9.18 Å². The highest BCUT2D eigenvalue weighted by molar-refractivity contribution is 7.12. The van der Waals surface area contributed by atoms with E-state index in [4.69, 9.17) is 4.74 Å². The van der Waals surface area contributed by atoms with Gasteiger partial charge in [-0.15, -0.1) is 11.3 Å². The van der Waals surface area contributed by atoms with Gasteiger partial charge in [0.1, 0.15) is 11.6 Å². The van der Waals surface area contributed by atoms with Crippen molar-refractivity contribution in [3.63, 3.8) is 0 Å². The van der Waals surface area contributed by atoms with Crippen molar-refractivity contribution in [2.75, 3.05) is 19.7 Å². The second-order valence-electron chi connectivity index (χ2n) is 5.48. The lowest BCUT2D eigenvalue weighted by Gasteiger charge is -2.31. The molecule has 22 heavy (non-hydrogen) atoms. The number of thiophene rings is 1. The molecule has 116 valence electrons. The molecule has 1 aromatic heterocycles. The van der Waals surface area contributed by atoms with Crippen LogP contribution in [0.5, 0.6) is 5.75 Å². The number of carbonyl (C=O) groups is 1. The van der Waals surface area contributed by atoms with Crippen molar-refractivity contribution in [3.05, 3.63) is 52.5 Å². The summed E-state index contributed by atoms with van der Waals surface area (Å²) >= 11 is 1.49. The number of benzene rings is 1. The van der Waals surface area contributed by atoms with Gasteiger partial charge in [-0.25, -0.2) is 4.39 Å². The molecular formula is C17H18FNO2S. The van der Waals surface area contributed by atoms with E-state index in [0.29, 0.717) is 18.3 Å². The number of halogens is 1. The van der Waals surface area contributed by atoms with Crippen LogP contribution < -0.4 is 4.74 Å². The smallest absolute Gasteiger partial charge is 0.263 e. The summed E-state index contributed by atoms with van der Waals surface area (Å²) in [5, 5.41) is 1.93. The zero-order valence-electron chi connectivity index (χ0n) is 12.2. The van der Waals surface area contributed by atoms with Crippen molar-refractivity contribution in [2.24, 2.45) is 5.92 Å². The first-order valence-electron chi connectivity index (χ1n) is 7.43. The van der Waals surface area contributed by atoms with Crippen LogP contribution in [0.15, 0.2) is 41.8 Å². The average molecular weight is 319 g/mol. The number of rotatable bonds is 4. The van der Waals surface area contributed by atoms with Crippen molar-refractivity contribution in [3.8, 4) is 5.75 Å². The Balaban J connectivity index is 1.45. The van der Waals surface area contributed by atoms with Crippen LogP contribution in [-0.4, -0.2) is 30.5 Å². The molecule has 0 unspecified atom stereocenters. The van der Waals surface area contributed by atoms with Gasteiger partial charge in [0.2, 0.25) is 0 Å². The minimum atomic E-state index is -0.257. The van der Waals surface area contributed by atoms with Crippen LogP contribution in [0, 0.1) is 11.7 Å². The fourth-order valence-corrected chi connectivity index (χ4v) is 3.29. The van der Waals surface area contributed by atoms with E-state index >= 15 is 0 Å². The van der Waals surface area contributed by atoms with E-state index in [1.165, 1.54) is 23.5 Å². The molecular weight excluding hydrogens is 301 g/mol. The summed E-state index contributed by atoms with van der Waals surface area (Å²) in [6.45, 7) is 2.16. The average Bonchev–Trinajstić information content (AvgIpc) is 3.09. The number of amides is 1. The number of nitrogens with zero attached hydrogens (tertiary/aromatic N) is 1. The van der Waals surface area contributed by atoms with Crippen molar-refractivity contribution < 1.29 is 13.9 Å². The summed E-state index contributed by atoms with van der Waals surface area (Å²) in [4.78, 5) is 15.0. The molecule has 0 N–H and O–H groups in total. The quantitative estimate of drug-likeness (QED) is 0.857. The van der Waals surface area contributed by atoms with Gasteiger partial charge in [-0.3, -0.25) is 4.79 Å². The Bertz CT molecular complexity index is 604. The molecule has 0 saturated carbocycles. The van der Waals surface area contributed by atoms with Crippen LogP contribution in [0.25, 0.3) is 0 Å². The summed E-state index contributed by atoms with van der Waals surface area (Å²) in [6.07, 6.45) is 1.89. The third kappa shape index (κ3) is 3.65. The maximum atomic E-state index is 12.8. The van der Waals surface area contributed by atoms with Gasteiger partial charge in [0.15, 0.2) is 0 Å². The predicted molar refractivity (Wildman–Crippen MR) is 84.8 cm³/mol. The van der Waals surface area contributed by atoms with Gasteiger partial charge in [-0.05, 0) is 54.5 Å². The highest BCUT2D eigenvalue weighted by Gasteiger charge is 2.24. The first-order chi connectivity index (χ1) is 10.7. The van der Waals surface area contributed by atoms with Gasteiger partial charge in [-0.1, -0.05) is 6.07 Å². The van der Waals surface area contributed by atoms with Gasteiger partial charge < -0.3 is 9.64 Å². The third-order valence-corrected chi connectivity index (χ3v) is 4.79. The van der Waals surface area contributed by atoms with E-state index in [-0.39, 0.29) is 11.7 Å². The molecule has 0 atom stereocenters. The molecule has 0 aliphatic carbocycles. The zero-order valence-corrected chi connectivity index (χ0v) is 13.0. The van der Waals surface area contributed by atoms with Gasteiger partial charge >= 0.3 is 0 Å². The van der Waals surface area contributed by atoms with Gasteiger partial charge in [0.05, 0.1) is 11.5 Å². The van der Waals surface area contributed by atoms with Crippen LogP contribution >= 0.6 is 11.3 Å². The van der Waals surface area contributed by atoms with Crippen LogP contribution in [-0.2, 0) is 0 Å². The molecule has 0 radical (unpaired) electrons. The van der Waals surface area contributed by atoms with E-state index < -0.39 is 0 Å². The largest absolute Gasteiger partial charge is 0.493 e. The predicted octanol–water partition coefficient (Wildman–Crippen LogP) is 3.82. The molecule has 1 fully saturated rings. The second-order valence-corrected chi connectivity index (χ2v) is 6.43. The maximum Gasteiger partial charge on any atom is 0.263 e. The standard InChI is InChI=1S/C17H18FNO2S/c18-14-3-5-15(6-4-14)21-12-13-7-9-19(10-8-13)17(20)16-2-1-11-22-16/h1-6,11,13H,7-10,12H2. The van der Waals surface area contributed by atoms with E-state index in [2.05, 4.69) is 0 Å². The first kappa shape index (κ1) is 15.0. The molecule has 3 nitrogen and oxygen atoms in total. The fraction of sp³-hybridized carbons (Fsp3) is 0.353. The van der Waals surface area contributed by atoms with Crippen molar-refractivity contribution in [2.45, 2.75) is 12.8 Å². The lowest BCUT2D eigenvalue weighted by atomic mass is 9.97. The van der Waals surface area contributed by atoms with Crippen molar-refractivity contribution in [1.29, 1.82) is 0 Å². The number of piperidine rings is 1. The maximum absolute atomic E-state index is 12.8. The summed E-state index contributed by atoms with van der Waals surface area (Å²) in [7, 11) is 0. The topological polar surface area (TPSA) is 29.5 Å². The molecule has 3 rings (SSSR count). The van der Waals surface area contributed by atoms with Crippen molar-refractivity contribution >= 4 is 17.2 Å². The molecule has 0 bridgehead atoms. The van der Waals surface area contributed by atoms with Gasteiger partial charge in [0, 0.05) is 13.1 Å². The van der Waals surface area contributed by atoms with E-state index in [1.807, 2.05) is 22.4 Å². The third-order valence-electron chi connectivity index (χ3n) is 3.93. The molecule has 0 spiro atoms. The fourth-order valence-electron chi connectivity index (χ4n) is 2.60. The lowest BCUT2D eigenvalue weighted by molar-refractivity contribution is 0.0666. The minimum Gasteiger partial charge on any atom is -0.493 e. The Kier molecular flexibility index (Phi) is 4.73. The SMILES string of the molecule is O=C(c1cccs1)N1CCC(COc2ccc(F)cc2)CC1. The summed E-state index contributed by atoms with van der Waals surface area (Å²) in [5.41, 5.74) is 0. The Hall–Kier alpha value is -1.88.